The summed E-state index contributed by atoms with van der Waals surface area (Å²) < 4.78 is 1.92. The molecule has 1 aromatic heterocycles. The second-order valence-corrected chi connectivity index (χ2v) is 5.27. The predicted molar refractivity (Wildman–Crippen MR) is 60.2 cm³/mol. The number of nitrogens with zero attached hydrogens (tertiary/aromatic N) is 2. The zero-order chi connectivity index (χ0) is 10.9. The molecule has 0 bridgehead atoms. The molecular weight excluding hydrogens is 174 g/mol. The van der Waals surface area contributed by atoms with Gasteiger partial charge in [-0.3, -0.25) is 0 Å². The summed E-state index contributed by atoms with van der Waals surface area (Å²) in [7, 11) is 0. The molecule has 0 saturated carbocycles. The van der Waals surface area contributed by atoms with Crippen molar-refractivity contribution in [2.75, 3.05) is 5.73 Å². The minimum atomic E-state index is 0.311. The van der Waals surface area contributed by atoms with Gasteiger partial charge in [-0.15, -0.1) is 0 Å². The van der Waals surface area contributed by atoms with E-state index in [1.807, 2.05) is 17.8 Å². The first-order chi connectivity index (χ1) is 6.31. The normalized spacial score (nSPS) is 14.4. The summed E-state index contributed by atoms with van der Waals surface area (Å²) in [6, 6.07) is 0.365. The summed E-state index contributed by atoms with van der Waals surface area (Å²) in [5.41, 5.74) is 7.29. The maximum absolute atomic E-state index is 5.92. The van der Waals surface area contributed by atoms with Gasteiger partial charge >= 0.3 is 0 Å². The van der Waals surface area contributed by atoms with Crippen LogP contribution in [0.5, 0.6) is 0 Å². The first-order valence-corrected chi connectivity index (χ1v) is 5.11. The Bertz CT molecular complexity index is 307. The number of aryl methyl sites for hydroxylation is 1. The molecule has 0 aliphatic rings. The minimum Gasteiger partial charge on any atom is -0.384 e. The molecule has 80 valence electrons. The number of anilines is 1. The van der Waals surface area contributed by atoms with Crippen LogP contribution < -0.4 is 5.73 Å². The molecule has 0 aliphatic heterocycles. The third-order valence-electron chi connectivity index (χ3n) is 2.35. The molecule has 3 heteroatoms. The number of aromatic nitrogens is 2. The van der Waals surface area contributed by atoms with Crippen LogP contribution in [0.4, 0.5) is 5.82 Å². The van der Waals surface area contributed by atoms with Crippen LogP contribution in [0.1, 0.15) is 45.7 Å². The van der Waals surface area contributed by atoms with Gasteiger partial charge in [0.1, 0.15) is 5.82 Å². The van der Waals surface area contributed by atoms with Crippen molar-refractivity contribution in [3.63, 3.8) is 0 Å². The molecule has 3 nitrogen and oxygen atoms in total. The van der Waals surface area contributed by atoms with Crippen LogP contribution in [-0.2, 0) is 0 Å². The molecule has 1 aromatic rings. The molecule has 2 N–H and O–H groups in total. The van der Waals surface area contributed by atoms with E-state index < -0.39 is 0 Å². The lowest BCUT2D eigenvalue weighted by Gasteiger charge is -2.24. The molecule has 1 atom stereocenters. The van der Waals surface area contributed by atoms with E-state index in [1.54, 1.807) is 0 Å². The molecule has 0 spiro atoms. The van der Waals surface area contributed by atoms with Gasteiger partial charge in [-0.2, -0.15) is 5.10 Å². The van der Waals surface area contributed by atoms with Gasteiger partial charge in [0.25, 0.3) is 0 Å². The predicted octanol–water partition coefficient (Wildman–Crippen LogP) is 2.77. The Labute approximate surface area is 86.3 Å². The lowest BCUT2D eigenvalue weighted by Crippen LogP contribution is -2.17. The van der Waals surface area contributed by atoms with Crippen molar-refractivity contribution in [2.24, 2.45) is 5.41 Å². The highest BCUT2D eigenvalue weighted by Crippen LogP contribution is 2.28. The summed E-state index contributed by atoms with van der Waals surface area (Å²) in [6.45, 7) is 10.8. The third kappa shape index (κ3) is 2.50. The van der Waals surface area contributed by atoms with Gasteiger partial charge in [0.2, 0.25) is 0 Å². The standard InChI is InChI=1S/C11H21N3/c1-8-7-13-14(10(8)12)9(2)6-11(3,4)5/h7,9H,6,12H2,1-5H3. The number of nitrogen functional groups attached to an aromatic ring is 1. The highest BCUT2D eigenvalue weighted by molar-refractivity contribution is 5.37. The highest BCUT2D eigenvalue weighted by Gasteiger charge is 2.18. The lowest BCUT2D eigenvalue weighted by atomic mass is 9.89. The average molecular weight is 195 g/mol. The van der Waals surface area contributed by atoms with Crippen molar-refractivity contribution in [3.8, 4) is 0 Å². The number of rotatable bonds is 2. The van der Waals surface area contributed by atoms with E-state index in [4.69, 9.17) is 5.73 Å². The lowest BCUT2D eigenvalue weighted by molar-refractivity contribution is 0.295. The highest BCUT2D eigenvalue weighted by atomic mass is 15.3. The summed E-state index contributed by atoms with van der Waals surface area (Å²) in [4.78, 5) is 0. The second-order valence-electron chi connectivity index (χ2n) is 5.27. The molecule has 1 rings (SSSR count). The summed E-state index contributed by atoms with van der Waals surface area (Å²) >= 11 is 0. The molecular formula is C11H21N3. The number of hydrogen-bond donors (Lipinski definition) is 1. The second kappa shape index (κ2) is 3.64. The average Bonchev–Trinajstić information content (AvgIpc) is 2.29. The van der Waals surface area contributed by atoms with Crippen molar-refractivity contribution < 1.29 is 0 Å². The largest absolute Gasteiger partial charge is 0.384 e. The summed E-state index contributed by atoms with van der Waals surface area (Å²) in [6.07, 6.45) is 2.91. The van der Waals surface area contributed by atoms with E-state index in [9.17, 15) is 0 Å². The quantitative estimate of drug-likeness (QED) is 0.788. The molecule has 0 radical (unpaired) electrons. The van der Waals surface area contributed by atoms with Crippen LogP contribution in [-0.4, -0.2) is 9.78 Å². The van der Waals surface area contributed by atoms with E-state index in [0.29, 0.717) is 11.5 Å². The first kappa shape index (κ1) is 11.1. The zero-order valence-corrected chi connectivity index (χ0v) is 9.83. The SMILES string of the molecule is Cc1cnn(C(C)CC(C)(C)C)c1N. The Morgan fingerprint density at radius 2 is 2.07 bits per heavy atom. The molecule has 0 saturated heterocycles. The van der Waals surface area contributed by atoms with E-state index in [1.165, 1.54) is 0 Å². The van der Waals surface area contributed by atoms with Gasteiger partial charge in [-0.1, -0.05) is 20.8 Å². The van der Waals surface area contributed by atoms with Gasteiger partial charge in [0.15, 0.2) is 0 Å². The van der Waals surface area contributed by atoms with Gasteiger partial charge in [-0.25, -0.2) is 4.68 Å². The van der Waals surface area contributed by atoms with Crippen LogP contribution in [0.2, 0.25) is 0 Å². The molecule has 0 aliphatic carbocycles. The van der Waals surface area contributed by atoms with E-state index in [2.05, 4.69) is 32.8 Å². The van der Waals surface area contributed by atoms with Crippen LogP contribution in [0.3, 0.4) is 0 Å². The minimum absolute atomic E-state index is 0.311. The monoisotopic (exact) mass is 195 g/mol. The summed E-state index contributed by atoms with van der Waals surface area (Å²) in [5, 5.41) is 4.29. The Morgan fingerprint density at radius 3 is 2.43 bits per heavy atom. The topological polar surface area (TPSA) is 43.8 Å². The number of hydrogen-bond acceptors (Lipinski definition) is 2. The maximum Gasteiger partial charge on any atom is 0.124 e. The molecule has 0 aromatic carbocycles. The van der Waals surface area contributed by atoms with Crippen molar-refractivity contribution in [2.45, 2.75) is 47.1 Å². The first-order valence-electron chi connectivity index (χ1n) is 5.11. The molecule has 0 fully saturated rings. The van der Waals surface area contributed by atoms with Gasteiger partial charge in [-0.05, 0) is 25.7 Å². The summed E-state index contributed by atoms with van der Waals surface area (Å²) in [5.74, 6) is 0.793. The van der Waals surface area contributed by atoms with Gasteiger partial charge in [0.05, 0.1) is 12.2 Å². The van der Waals surface area contributed by atoms with Crippen LogP contribution in [0.15, 0.2) is 6.20 Å². The fourth-order valence-electron chi connectivity index (χ4n) is 1.78. The van der Waals surface area contributed by atoms with Crippen molar-refractivity contribution >= 4 is 5.82 Å². The zero-order valence-electron chi connectivity index (χ0n) is 9.83. The Hall–Kier alpha value is -0.990. The third-order valence-corrected chi connectivity index (χ3v) is 2.35. The van der Waals surface area contributed by atoms with E-state index >= 15 is 0 Å². The van der Waals surface area contributed by atoms with E-state index in [0.717, 1.165) is 17.8 Å². The Morgan fingerprint density at radius 1 is 1.50 bits per heavy atom. The van der Waals surface area contributed by atoms with Crippen LogP contribution in [0.25, 0.3) is 0 Å². The molecule has 1 heterocycles. The fraction of sp³-hybridized carbons (Fsp3) is 0.727. The van der Waals surface area contributed by atoms with Gasteiger partial charge < -0.3 is 5.73 Å². The van der Waals surface area contributed by atoms with Crippen molar-refractivity contribution in [1.82, 2.24) is 9.78 Å². The fourth-order valence-corrected chi connectivity index (χ4v) is 1.78. The van der Waals surface area contributed by atoms with Crippen molar-refractivity contribution in [3.05, 3.63) is 11.8 Å². The maximum atomic E-state index is 5.92. The van der Waals surface area contributed by atoms with Crippen LogP contribution in [0, 0.1) is 12.3 Å². The number of nitrogens with two attached hydrogens (primary N) is 1. The van der Waals surface area contributed by atoms with Gasteiger partial charge in [0, 0.05) is 5.56 Å². The molecule has 14 heavy (non-hydrogen) atoms. The molecule has 0 amide bonds. The van der Waals surface area contributed by atoms with Crippen molar-refractivity contribution in [1.29, 1.82) is 0 Å². The van der Waals surface area contributed by atoms with Crippen LogP contribution >= 0.6 is 0 Å². The Kier molecular flexibility index (Phi) is 2.88. The molecule has 1 unspecified atom stereocenters. The van der Waals surface area contributed by atoms with E-state index in [-0.39, 0.29) is 0 Å². The Balaban J connectivity index is 2.80. The smallest absolute Gasteiger partial charge is 0.124 e.